The van der Waals surface area contributed by atoms with E-state index in [1.807, 2.05) is 60.7 Å². The Morgan fingerprint density at radius 3 is 1.27 bits per heavy atom. The first-order valence-corrected chi connectivity index (χ1v) is 16.9. The zero-order valence-corrected chi connectivity index (χ0v) is 27.1. The second-order valence-electron chi connectivity index (χ2n) is 9.44. The van der Waals surface area contributed by atoms with Crippen LogP contribution in [0.4, 0.5) is 0 Å². The van der Waals surface area contributed by atoms with Crippen LogP contribution in [0.25, 0.3) is 0 Å². The number of hydrogen-bond acceptors (Lipinski definition) is 9. The van der Waals surface area contributed by atoms with Crippen molar-refractivity contribution in [1.29, 1.82) is 0 Å². The number of ether oxygens (including phenoxy) is 4. The minimum absolute atomic E-state index is 0.251. The summed E-state index contributed by atoms with van der Waals surface area (Å²) in [6.07, 6.45) is 1.48. The van der Waals surface area contributed by atoms with Crippen LogP contribution in [0.1, 0.15) is 0 Å². The summed E-state index contributed by atoms with van der Waals surface area (Å²) in [5.74, 6) is 1.60. The molecule has 0 bridgehead atoms. The Hall–Kier alpha value is -4.05. The van der Waals surface area contributed by atoms with Crippen LogP contribution >= 0.6 is 35.3 Å². The third-order valence-electron chi connectivity index (χ3n) is 6.01. The molecule has 232 valence electrons. The summed E-state index contributed by atoms with van der Waals surface area (Å²) < 4.78 is 22.6. The highest BCUT2D eigenvalue weighted by atomic mass is 32.2. The van der Waals surface area contributed by atoms with Gasteiger partial charge >= 0.3 is 11.9 Å². The molecule has 4 aromatic carbocycles. The quantitative estimate of drug-likeness (QED) is 0.0596. The summed E-state index contributed by atoms with van der Waals surface area (Å²) in [6, 6.07) is 35.4. The van der Waals surface area contributed by atoms with E-state index in [1.54, 1.807) is 35.3 Å². The van der Waals surface area contributed by atoms with Gasteiger partial charge in [-0.3, -0.25) is 0 Å². The van der Waals surface area contributed by atoms with Gasteiger partial charge in [-0.05, 0) is 72.8 Å². The highest BCUT2D eigenvalue weighted by molar-refractivity contribution is 8.00. The molecule has 0 saturated carbocycles. The number of carbonyl (C=O) groups is 2. The van der Waals surface area contributed by atoms with E-state index in [0.717, 1.165) is 43.2 Å². The van der Waals surface area contributed by atoms with Crippen LogP contribution in [0, 0.1) is 0 Å². The minimum atomic E-state index is -0.471. The van der Waals surface area contributed by atoms with E-state index >= 15 is 0 Å². The molecular formula is C36H34O6S3. The Morgan fingerprint density at radius 2 is 0.911 bits per heavy atom. The Balaban J connectivity index is 1.25. The van der Waals surface area contributed by atoms with Gasteiger partial charge in [0.2, 0.25) is 0 Å². The van der Waals surface area contributed by atoms with E-state index in [-0.39, 0.29) is 13.2 Å². The monoisotopic (exact) mass is 658 g/mol. The van der Waals surface area contributed by atoms with Gasteiger partial charge in [-0.25, -0.2) is 9.59 Å². The van der Waals surface area contributed by atoms with Crippen molar-refractivity contribution in [3.05, 3.63) is 135 Å². The summed E-state index contributed by atoms with van der Waals surface area (Å²) in [4.78, 5) is 28.0. The van der Waals surface area contributed by atoms with Crippen molar-refractivity contribution in [3.8, 4) is 11.5 Å². The van der Waals surface area contributed by atoms with E-state index in [0.29, 0.717) is 11.5 Å². The maximum Gasteiger partial charge on any atom is 0.330 e. The van der Waals surface area contributed by atoms with E-state index < -0.39 is 24.1 Å². The molecule has 0 aliphatic rings. The molecule has 0 fully saturated rings. The Morgan fingerprint density at radius 1 is 0.556 bits per heavy atom. The second kappa shape index (κ2) is 18.7. The molecule has 2 unspecified atom stereocenters. The Labute approximate surface area is 277 Å². The molecule has 0 amide bonds. The number of carbonyl (C=O) groups excluding carboxylic acids is 2. The summed E-state index contributed by atoms with van der Waals surface area (Å²) in [5, 5.41) is 0. The predicted octanol–water partition coefficient (Wildman–Crippen LogP) is 8.38. The van der Waals surface area contributed by atoms with Gasteiger partial charge in [-0.15, -0.1) is 23.5 Å². The first kappa shape index (κ1) is 33.8. The Kier molecular flexibility index (Phi) is 14.1. The number of hydrogen-bond donors (Lipinski definition) is 0. The van der Waals surface area contributed by atoms with Crippen molar-refractivity contribution in [3.63, 3.8) is 0 Å². The molecular weight excluding hydrogens is 625 g/mol. The molecule has 6 nitrogen and oxygen atoms in total. The fourth-order valence-electron chi connectivity index (χ4n) is 3.79. The van der Waals surface area contributed by atoms with Gasteiger partial charge in [0.05, 0.1) is 0 Å². The number of rotatable bonds is 18. The van der Waals surface area contributed by atoms with Crippen LogP contribution < -0.4 is 9.47 Å². The summed E-state index contributed by atoms with van der Waals surface area (Å²) >= 11 is 4.87. The zero-order chi connectivity index (χ0) is 31.7. The van der Waals surface area contributed by atoms with Gasteiger partial charge in [0.15, 0.2) is 0 Å². The van der Waals surface area contributed by atoms with Crippen molar-refractivity contribution >= 4 is 47.2 Å². The van der Waals surface area contributed by atoms with E-state index in [4.69, 9.17) is 18.9 Å². The lowest BCUT2D eigenvalue weighted by molar-refractivity contribution is -0.144. The van der Waals surface area contributed by atoms with Crippen LogP contribution in [0.3, 0.4) is 0 Å². The molecule has 4 aromatic rings. The van der Waals surface area contributed by atoms with Crippen LogP contribution in [0.5, 0.6) is 11.5 Å². The summed E-state index contributed by atoms with van der Waals surface area (Å²) in [7, 11) is 0. The molecule has 0 radical (unpaired) electrons. The van der Waals surface area contributed by atoms with Crippen LogP contribution in [0.2, 0.25) is 0 Å². The SMILES string of the molecule is C=CC(=O)OC(COc1ccccc1)CSc1ccc(Sc2ccc(SCC(COc3ccccc3)OC(=O)C=C)cc2)cc1. The van der Waals surface area contributed by atoms with Crippen molar-refractivity contribution in [2.75, 3.05) is 24.7 Å². The molecule has 2 atom stereocenters. The summed E-state index contributed by atoms with van der Waals surface area (Å²) in [5.41, 5.74) is 0. The highest BCUT2D eigenvalue weighted by Crippen LogP contribution is 2.32. The molecule has 0 aliphatic heterocycles. The maximum atomic E-state index is 11.8. The number of benzene rings is 4. The number of thioether (sulfide) groups is 2. The number of esters is 2. The molecule has 0 aliphatic carbocycles. The summed E-state index contributed by atoms with van der Waals surface area (Å²) in [6.45, 7) is 7.49. The average molecular weight is 659 g/mol. The Bertz CT molecular complexity index is 1380. The third kappa shape index (κ3) is 12.5. The lowest BCUT2D eigenvalue weighted by atomic mass is 10.3. The van der Waals surface area contributed by atoms with E-state index in [9.17, 15) is 9.59 Å². The molecule has 4 rings (SSSR count). The molecule has 45 heavy (non-hydrogen) atoms. The molecule has 0 heterocycles. The normalized spacial score (nSPS) is 11.9. The largest absolute Gasteiger partial charge is 0.490 e. The van der Waals surface area contributed by atoms with Gasteiger partial charge in [-0.2, -0.15) is 0 Å². The smallest absolute Gasteiger partial charge is 0.330 e. The first-order valence-electron chi connectivity index (χ1n) is 14.2. The maximum absolute atomic E-state index is 11.8. The van der Waals surface area contributed by atoms with Crippen molar-refractivity contribution < 1.29 is 28.5 Å². The van der Waals surface area contributed by atoms with Gasteiger partial charge in [-0.1, -0.05) is 61.3 Å². The standard InChI is InChI=1S/C36H34O6S3/c1-3-35(37)41-29(23-39-27-11-7-5-8-12-27)25-43-31-15-19-33(20-16-31)45-34-21-17-32(18-22-34)44-26-30(42-36(38)4-2)24-40-28-13-9-6-10-14-28/h3-22,29-30H,1-2,23-26H2. The van der Waals surface area contributed by atoms with Gasteiger partial charge in [0.1, 0.15) is 36.9 Å². The van der Waals surface area contributed by atoms with Crippen molar-refractivity contribution in [2.45, 2.75) is 31.8 Å². The first-order chi connectivity index (χ1) is 22.0. The molecule has 0 N–H and O–H groups in total. The van der Waals surface area contributed by atoms with Gasteiger partial charge < -0.3 is 18.9 Å². The average Bonchev–Trinajstić information content (AvgIpc) is 3.09. The second-order valence-corrected chi connectivity index (χ2v) is 12.8. The zero-order valence-electron chi connectivity index (χ0n) is 24.6. The number of para-hydroxylation sites is 2. The van der Waals surface area contributed by atoms with E-state index in [1.165, 1.54) is 0 Å². The van der Waals surface area contributed by atoms with Gasteiger partial charge in [0, 0.05) is 43.2 Å². The third-order valence-corrected chi connectivity index (χ3v) is 9.32. The fraction of sp³-hybridized carbons (Fsp3) is 0.167. The lowest BCUT2D eigenvalue weighted by Gasteiger charge is -2.18. The molecule has 9 heteroatoms. The van der Waals surface area contributed by atoms with E-state index in [2.05, 4.69) is 61.7 Å². The topological polar surface area (TPSA) is 71.1 Å². The van der Waals surface area contributed by atoms with Crippen molar-refractivity contribution in [2.24, 2.45) is 0 Å². The minimum Gasteiger partial charge on any atom is -0.490 e. The van der Waals surface area contributed by atoms with Crippen molar-refractivity contribution in [1.82, 2.24) is 0 Å². The van der Waals surface area contributed by atoms with Crippen LogP contribution in [0.15, 0.2) is 154 Å². The lowest BCUT2D eigenvalue weighted by Crippen LogP contribution is -2.26. The fourth-order valence-corrected chi connectivity index (χ4v) is 6.35. The molecule has 0 saturated heterocycles. The van der Waals surface area contributed by atoms with Gasteiger partial charge in [0.25, 0.3) is 0 Å². The molecule has 0 aromatic heterocycles. The van der Waals surface area contributed by atoms with Crippen LogP contribution in [-0.2, 0) is 19.1 Å². The molecule has 0 spiro atoms. The van der Waals surface area contributed by atoms with Crippen LogP contribution in [-0.4, -0.2) is 48.9 Å². The predicted molar refractivity (Wildman–Crippen MR) is 182 cm³/mol. The highest BCUT2D eigenvalue weighted by Gasteiger charge is 2.16.